The first kappa shape index (κ1) is 20.7. The van der Waals surface area contributed by atoms with Crippen LogP contribution in [0.3, 0.4) is 0 Å². The van der Waals surface area contributed by atoms with Crippen molar-refractivity contribution in [2.75, 3.05) is 25.2 Å². The molecule has 3 rings (SSSR count). The van der Waals surface area contributed by atoms with Crippen molar-refractivity contribution in [2.24, 2.45) is 5.92 Å². The van der Waals surface area contributed by atoms with Gasteiger partial charge in [-0.25, -0.2) is 4.79 Å². The van der Waals surface area contributed by atoms with Crippen LogP contribution in [-0.4, -0.2) is 38.2 Å². The van der Waals surface area contributed by atoms with E-state index >= 15 is 0 Å². The lowest BCUT2D eigenvalue weighted by molar-refractivity contribution is -0.126. The molecule has 6 nitrogen and oxygen atoms in total. The Hall–Kier alpha value is -3.02. The SMILES string of the molecule is COc1cc(C(=O)OC(C)C(=O)N2CCc3ccccc32)ccc1OCC(C)C. The highest BCUT2D eigenvalue weighted by Crippen LogP contribution is 2.30. The number of ether oxygens (including phenoxy) is 3. The zero-order chi connectivity index (χ0) is 21.0. The quantitative estimate of drug-likeness (QED) is 0.664. The summed E-state index contributed by atoms with van der Waals surface area (Å²) in [6, 6.07) is 12.6. The third-order valence-corrected chi connectivity index (χ3v) is 4.76. The average molecular weight is 397 g/mol. The van der Waals surface area contributed by atoms with E-state index in [2.05, 4.69) is 13.8 Å². The maximum atomic E-state index is 12.8. The normalized spacial score (nSPS) is 13.8. The predicted octanol–water partition coefficient (Wildman–Crippen LogP) is 3.86. The van der Waals surface area contributed by atoms with Crippen molar-refractivity contribution in [1.82, 2.24) is 0 Å². The number of hydrogen-bond donors (Lipinski definition) is 0. The molecular weight excluding hydrogens is 370 g/mol. The second-order valence-corrected chi connectivity index (χ2v) is 7.49. The zero-order valence-electron chi connectivity index (χ0n) is 17.3. The van der Waals surface area contributed by atoms with Crippen molar-refractivity contribution in [1.29, 1.82) is 0 Å². The molecule has 0 N–H and O–H groups in total. The number of anilines is 1. The molecular formula is C23H27NO5. The summed E-state index contributed by atoms with van der Waals surface area (Å²) >= 11 is 0. The molecule has 0 spiro atoms. The molecule has 1 aliphatic rings. The highest BCUT2D eigenvalue weighted by molar-refractivity contribution is 6.00. The fourth-order valence-corrected chi connectivity index (χ4v) is 3.24. The van der Waals surface area contributed by atoms with E-state index in [1.807, 2.05) is 24.3 Å². The van der Waals surface area contributed by atoms with Crippen molar-refractivity contribution in [3.63, 3.8) is 0 Å². The van der Waals surface area contributed by atoms with Crippen LogP contribution in [0.2, 0.25) is 0 Å². The van der Waals surface area contributed by atoms with Gasteiger partial charge in [-0.05, 0) is 49.1 Å². The molecule has 1 aliphatic heterocycles. The molecule has 1 heterocycles. The number of para-hydroxylation sites is 1. The highest BCUT2D eigenvalue weighted by Gasteiger charge is 2.30. The summed E-state index contributed by atoms with van der Waals surface area (Å²) < 4.78 is 16.5. The second kappa shape index (κ2) is 8.99. The summed E-state index contributed by atoms with van der Waals surface area (Å²) in [6.07, 6.45) is -0.0889. The first-order valence-electron chi connectivity index (χ1n) is 9.81. The first-order valence-corrected chi connectivity index (χ1v) is 9.81. The van der Waals surface area contributed by atoms with Crippen LogP contribution < -0.4 is 14.4 Å². The Morgan fingerprint density at radius 2 is 1.83 bits per heavy atom. The van der Waals surface area contributed by atoms with Crippen LogP contribution in [0.4, 0.5) is 5.69 Å². The molecule has 0 saturated heterocycles. The van der Waals surface area contributed by atoms with Crippen LogP contribution in [0.15, 0.2) is 42.5 Å². The van der Waals surface area contributed by atoms with E-state index in [1.54, 1.807) is 30.0 Å². The van der Waals surface area contributed by atoms with Crippen LogP contribution in [0.25, 0.3) is 0 Å². The Morgan fingerprint density at radius 3 is 2.55 bits per heavy atom. The number of esters is 1. The summed E-state index contributed by atoms with van der Waals surface area (Å²) in [5.41, 5.74) is 2.31. The average Bonchev–Trinajstić information content (AvgIpc) is 3.15. The molecule has 0 bridgehead atoms. The number of rotatable bonds is 7. The number of methoxy groups -OCH3 is 1. The van der Waals surface area contributed by atoms with E-state index in [0.29, 0.717) is 36.1 Å². The predicted molar refractivity (Wildman–Crippen MR) is 111 cm³/mol. The second-order valence-electron chi connectivity index (χ2n) is 7.49. The molecule has 1 unspecified atom stereocenters. The lowest BCUT2D eigenvalue weighted by Crippen LogP contribution is -2.39. The zero-order valence-corrected chi connectivity index (χ0v) is 17.3. The molecule has 2 aromatic rings. The summed E-state index contributed by atoms with van der Waals surface area (Å²) in [7, 11) is 1.52. The van der Waals surface area contributed by atoms with Gasteiger partial charge in [0, 0.05) is 12.2 Å². The van der Waals surface area contributed by atoms with Crippen molar-refractivity contribution >= 4 is 17.6 Å². The third-order valence-electron chi connectivity index (χ3n) is 4.76. The number of carbonyl (C=O) groups is 2. The summed E-state index contributed by atoms with van der Waals surface area (Å²) in [4.78, 5) is 27.1. The Balaban J connectivity index is 1.67. The maximum Gasteiger partial charge on any atom is 0.339 e. The lowest BCUT2D eigenvalue weighted by Gasteiger charge is -2.22. The molecule has 1 atom stereocenters. The topological polar surface area (TPSA) is 65.1 Å². The molecule has 29 heavy (non-hydrogen) atoms. The largest absolute Gasteiger partial charge is 0.493 e. The minimum absolute atomic E-state index is 0.229. The number of hydrogen-bond acceptors (Lipinski definition) is 5. The van der Waals surface area contributed by atoms with Crippen LogP contribution in [0.1, 0.15) is 36.7 Å². The van der Waals surface area contributed by atoms with E-state index < -0.39 is 12.1 Å². The molecule has 0 saturated carbocycles. The Morgan fingerprint density at radius 1 is 1.07 bits per heavy atom. The van der Waals surface area contributed by atoms with Gasteiger partial charge in [-0.15, -0.1) is 0 Å². The highest BCUT2D eigenvalue weighted by atomic mass is 16.5. The van der Waals surface area contributed by atoms with Crippen molar-refractivity contribution in [3.05, 3.63) is 53.6 Å². The van der Waals surface area contributed by atoms with Crippen molar-refractivity contribution < 1.29 is 23.8 Å². The molecule has 2 aromatic carbocycles. The van der Waals surface area contributed by atoms with Gasteiger partial charge >= 0.3 is 5.97 Å². The third kappa shape index (κ3) is 4.70. The van der Waals surface area contributed by atoms with Gasteiger partial charge in [-0.3, -0.25) is 4.79 Å². The fraction of sp³-hybridized carbons (Fsp3) is 0.391. The van der Waals surface area contributed by atoms with E-state index in [1.165, 1.54) is 7.11 Å². The Kier molecular flexibility index (Phi) is 6.42. The van der Waals surface area contributed by atoms with Gasteiger partial charge in [0.2, 0.25) is 0 Å². The van der Waals surface area contributed by atoms with Crippen LogP contribution >= 0.6 is 0 Å². The van der Waals surface area contributed by atoms with Gasteiger partial charge in [-0.1, -0.05) is 32.0 Å². The molecule has 0 aromatic heterocycles. The minimum Gasteiger partial charge on any atom is -0.493 e. The van der Waals surface area contributed by atoms with E-state index in [4.69, 9.17) is 14.2 Å². The van der Waals surface area contributed by atoms with Gasteiger partial charge < -0.3 is 19.1 Å². The minimum atomic E-state index is -0.892. The Labute approximate surface area is 171 Å². The first-order chi connectivity index (χ1) is 13.9. The van der Waals surface area contributed by atoms with E-state index in [0.717, 1.165) is 17.7 Å². The molecule has 1 amide bonds. The number of fused-ring (bicyclic) bond motifs is 1. The molecule has 0 fully saturated rings. The summed E-state index contributed by atoms with van der Waals surface area (Å²) in [5, 5.41) is 0. The fourth-order valence-electron chi connectivity index (χ4n) is 3.24. The smallest absolute Gasteiger partial charge is 0.339 e. The number of carbonyl (C=O) groups excluding carboxylic acids is 2. The van der Waals surface area contributed by atoms with Gasteiger partial charge in [0.1, 0.15) is 0 Å². The molecule has 0 radical (unpaired) electrons. The molecule has 0 aliphatic carbocycles. The van der Waals surface area contributed by atoms with E-state index in [-0.39, 0.29) is 5.91 Å². The Bertz CT molecular complexity index is 893. The molecule has 154 valence electrons. The number of nitrogens with zero attached hydrogens (tertiary/aromatic N) is 1. The van der Waals surface area contributed by atoms with Crippen LogP contribution in [0.5, 0.6) is 11.5 Å². The van der Waals surface area contributed by atoms with Crippen molar-refractivity contribution in [2.45, 2.75) is 33.3 Å². The van der Waals surface area contributed by atoms with Gasteiger partial charge in [0.05, 0.1) is 19.3 Å². The van der Waals surface area contributed by atoms with E-state index in [9.17, 15) is 9.59 Å². The van der Waals surface area contributed by atoms with Gasteiger partial charge in [-0.2, -0.15) is 0 Å². The number of amides is 1. The lowest BCUT2D eigenvalue weighted by atomic mass is 10.2. The van der Waals surface area contributed by atoms with Crippen LogP contribution in [-0.2, 0) is 16.0 Å². The number of benzene rings is 2. The monoisotopic (exact) mass is 397 g/mol. The standard InChI is InChI=1S/C23H27NO5/c1-15(2)14-28-20-10-9-18(13-21(20)27-4)23(26)29-16(3)22(25)24-12-11-17-7-5-6-8-19(17)24/h5-10,13,15-16H,11-12,14H2,1-4H3. The van der Waals surface area contributed by atoms with Crippen LogP contribution in [0, 0.1) is 5.92 Å². The van der Waals surface area contributed by atoms with Crippen molar-refractivity contribution in [3.8, 4) is 11.5 Å². The summed E-state index contributed by atoms with van der Waals surface area (Å²) in [6.45, 7) is 6.84. The maximum absolute atomic E-state index is 12.8. The van der Waals surface area contributed by atoms with Gasteiger partial charge in [0.25, 0.3) is 5.91 Å². The summed E-state index contributed by atoms with van der Waals surface area (Å²) in [5.74, 6) is 0.578. The van der Waals surface area contributed by atoms with Gasteiger partial charge in [0.15, 0.2) is 17.6 Å². The molecule has 6 heteroatoms.